The van der Waals surface area contributed by atoms with Crippen LogP contribution < -0.4 is 5.32 Å². The minimum absolute atomic E-state index is 0.0191. The first-order valence-corrected chi connectivity index (χ1v) is 7.59. The zero-order chi connectivity index (χ0) is 15.9. The van der Waals surface area contributed by atoms with Crippen LogP contribution in [0.5, 0.6) is 0 Å². The van der Waals surface area contributed by atoms with Gasteiger partial charge in [0.2, 0.25) is 0 Å². The second-order valence-corrected chi connectivity index (χ2v) is 5.78. The topological polar surface area (TPSA) is 56.2 Å². The van der Waals surface area contributed by atoms with Crippen molar-refractivity contribution in [2.45, 2.75) is 25.4 Å². The number of rotatable bonds is 6. The van der Waals surface area contributed by atoms with Gasteiger partial charge in [0.15, 0.2) is 6.29 Å². The normalized spacial score (nSPS) is 20.2. The SMILES string of the molecule is N=C/C(NC1CCCN(Cc2ccc(F)cc2)C1)=C(/Cl)C=O. The first-order valence-electron chi connectivity index (χ1n) is 7.21. The van der Waals surface area contributed by atoms with E-state index in [-0.39, 0.29) is 16.9 Å². The number of allylic oxidation sites excluding steroid dienone is 2. The van der Waals surface area contributed by atoms with E-state index in [2.05, 4.69) is 10.2 Å². The van der Waals surface area contributed by atoms with Crippen LogP contribution >= 0.6 is 11.6 Å². The number of benzene rings is 1. The van der Waals surface area contributed by atoms with Crippen molar-refractivity contribution in [1.29, 1.82) is 5.41 Å². The lowest BCUT2D eigenvalue weighted by Crippen LogP contribution is -2.45. The third-order valence-electron chi connectivity index (χ3n) is 3.69. The van der Waals surface area contributed by atoms with Gasteiger partial charge in [0.25, 0.3) is 0 Å². The number of aldehydes is 1. The first-order chi connectivity index (χ1) is 10.6. The van der Waals surface area contributed by atoms with Crippen molar-refractivity contribution in [3.8, 4) is 0 Å². The standard InChI is InChI=1S/C16H19ClFN3O/c17-15(11-22)16(8-19)20-14-2-1-7-21(10-14)9-12-3-5-13(18)6-4-12/h3-6,8,11,14,19-20H,1-2,7,9-10H2/b16-15-,19-8?. The van der Waals surface area contributed by atoms with E-state index in [0.717, 1.165) is 44.3 Å². The molecule has 1 fully saturated rings. The van der Waals surface area contributed by atoms with Crippen LogP contribution in [0.4, 0.5) is 4.39 Å². The molecule has 1 unspecified atom stereocenters. The lowest BCUT2D eigenvalue weighted by Gasteiger charge is -2.33. The number of hydrogen-bond acceptors (Lipinski definition) is 4. The first kappa shape index (κ1) is 16.6. The van der Waals surface area contributed by atoms with Crippen LogP contribution in [0.1, 0.15) is 18.4 Å². The Morgan fingerprint density at radius 3 is 2.82 bits per heavy atom. The van der Waals surface area contributed by atoms with E-state index in [1.807, 2.05) is 0 Å². The van der Waals surface area contributed by atoms with Crippen LogP contribution in [0, 0.1) is 11.2 Å². The fraction of sp³-hybridized carbons (Fsp3) is 0.375. The van der Waals surface area contributed by atoms with Gasteiger partial charge in [-0.05, 0) is 37.1 Å². The van der Waals surface area contributed by atoms with E-state index >= 15 is 0 Å². The summed E-state index contributed by atoms with van der Waals surface area (Å²) in [5, 5.41) is 10.5. The minimum Gasteiger partial charge on any atom is -0.378 e. The smallest absolute Gasteiger partial charge is 0.163 e. The summed E-state index contributed by atoms with van der Waals surface area (Å²) < 4.78 is 12.9. The minimum atomic E-state index is -0.230. The largest absolute Gasteiger partial charge is 0.378 e. The molecule has 0 aliphatic carbocycles. The van der Waals surface area contributed by atoms with Crippen molar-refractivity contribution < 1.29 is 9.18 Å². The molecule has 22 heavy (non-hydrogen) atoms. The molecule has 0 aromatic heterocycles. The van der Waals surface area contributed by atoms with Gasteiger partial charge in [-0.15, -0.1) is 0 Å². The van der Waals surface area contributed by atoms with E-state index in [1.165, 1.54) is 12.1 Å². The van der Waals surface area contributed by atoms with E-state index in [4.69, 9.17) is 17.0 Å². The van der Waals surface area contributed by atoms with Gasteiger partial charge in [-0.2, -0.15) is 0 Å². The third kappa shape index (κ3) is 4.64. The van der Waals surface area contributed by atoms with Crippen LogP contribution in [-0.2, 0) is 11.3 Å². The molecule has 0 amide bonds. The van der Waals surface area contributed by atoms with Crippen molar-refractivity contribution in [3.05, 3.63) is 46.4 Å². The molecule has 2 N–H and O–H groups in total. The Hall–Kier alpha value is -1.72. The molecule has 4 nitrogen and oxygen atoms in total. The summed E-state index contributed by atoms with van der Waals surface area (Å²) in [7, 11) is 0. The maximum atomic E-state index is 12.9. The molecule has 1 aliphatic rings. The number of carbonyl (C=O) groups excluding carboxylic acids is 1. The lowest BCUT2D eigenvalue weighted by molar-refractivity contribution is -0.104. The van der Waals surface area contributed by atoms with Gasteiger partial charge in [-0.1, -0.05) is 23.7 Å². The van der Waals surface area contributed by atoms with Crippen molar-refractivity contribution in [2.24, 2.45) is 0 Å². The highest BCUT2D eigenvalue weighted by molar-refractivity contribution is 6.40. The number of hydrogen-bond donors (Lipinski definition) is 2. The van der Waals surface area contributed by atoms with Crippen LogP contribution in [-0.4, -0.2) is 36.5 Å². The Bertz CT molecular complexity index is 559. The van der Waals surface area contributed by atoms with Crippen molar-refractivity contribution in [2.75, 3.05) is 13.1 Å². The summed E-state index contributed by atoms with van der Waals surface area (Å²) in [6.07, 6.45) is 3.58. The average molecular weight is 324 g/mol. The van der Waals surface area contributed by atoms with Gasteiger partial charge in [0.1, 0.15) is 10.8 Å². The molecule has 1 heterocycles. The van der Waals surface area contributed by atoms with Crippen LogP contribution in [0.15, 0.2) is 35.0 Å². The summed E-state index contributed by atoms with van der Waals surface area (Å²) in [5.74, 6) is -0.230. The van der Waals surface area contributed by atoms with E-state index in [0.29, 0.717) is 12.0 Å². The average Bonchev–Trinajstić information content (AvgIpc) is 2.54. The molecular weight excluding hydrogens is 305 g/mol. The molecule has 118 valence electrons. The van der Waals surface area contributed by atoms with Crippen LogP contribution in [0.3, 0.4) is 0 Å². The Balaban J connectivity index is 1.95. The number of carbonyl (C=O) groups is 1. The fourth-order valence-electron chi connectivity index (χ4n) is 2.63. The van der Waals surface area contributed by atoms with E-state index in [9.17, 15) is 9.18 Å². The summed E-state index contributed by atoms with van der Waals surface area (Å²) in [4.78, 5) is 13.0. The summed E-state index contributed by atoms with van der Waals surface area (Å²) in [5.41, 5.74) is 1.42. The van der Waals surface area contributed by atoms with Crippen LogP contribution in [0.2, 0.25) is 0 Å². The molecular formula is C16H19ClFN3O. The number of nitrogens with zero attached hydrogens (tertiary/aromatic N) is 1. The van der Waals surface area contributed by atoms with Crippen molar-refractivity contribution in [1.82, 2.24) is 10.2 Å². The quantitative estimate of drug-likeness (QED) is 0.481. The molecule has 1 saturated heterocycles. The molecule has 6 heteroatoms. The lowest BCUT2D eigenvalue weighted by atomic mass is 10.0. The Morgan fingerprint density at radius 2 is 2.18 bits per heavy atom. The molecule has 1 aromatic rings. The number of nitrogens with one attached hydrogen (secondary N) is 2. The van der Waals surface area contributed by atoms with Crippen LogP contribution in [0.25, 0.3) is 0 Å². The highest BCUT2D eigenvalue weighted by Crippen LogP contribution is 2.16. The highest BCUT2D eigenvalue weighted by Gasteiger charge is 2.20. The van der Waals surface area contributed by atoms with Gasteiger partial charge in [-0.3, -0.25) is 9.69 Å². The second kappa shape index (κ2) is 8.06. The summed E-state index contributed by atoms with van der Waals surface area (Å²) in [6, 6.07) is 6.65. The highest BCUT2D eigenvalue weighted by atomic mass is 35.5. The molecule has 1 atom stereocenters. The zero-order valence-corrected chi connectivity index (χ0v) is 12.9. The maximum Gasteiger partial charge on any atom is 0.163 e. The van der Waals surface area contributed by atoms with Gasteiger partial charge < -0.3 is 10.7 Å². The molecule has 0 bridgehead atoms. The second-order valence-electron chi connectivity index (χ2n) is 5.37. The molecule has 1 aromatic carbocycles. The Kier molecular flexibility index (Phi) is 6.10. The predicted molar refractivity (Wildman–Crippen MR) is 85.6 cm³/mol. The van der Waals surface area contributed by atoms with Gasteiger partial charge in [-0.25, -0.2) is 4.39 Å². The Morgan fingerprint density at radius 1 is 1.45 bits per heavy atom. The maximum absolute atomic E-state index is 12.9. The van der Waals surface area contributed by atoms with E-state index < -0.39 is 0 Å². The summed E-state index contributed by atoms with van der Waals surface area (Å²) in [6.45, 7) is 2.52. The predicted octanol–water partition coefficient (Wildman–Crippen LogP) is 2.68. The molecule has 0 saturated carbocycles. The summed E-state index contributed by atoms with van der Waals surface area (Å²) >= 11 is 5.78. The van der Waals surface area contributed by atoms with Crippen molar-refractivity contribution in [3.63, 3.8) is 0 Å². The molecule has 1 aliphatic heterocycles. The van der Waals surface area contributed by atoms with Gasteiger partial charge >= 0.3 is 0 Å². The zero-order valence-electron chi connectivity index (χ0n) is 12.2. The number of likely N-dealkylation sites (tertiary alicyclic amines) is 1. The Labute approximate surface area is 134 Å². The monoisotopic (exact) mass is 323 g/mol. The molecule has 2 rings (SSSR count). The third-order valence-corrected chi connectivity index (χ3v) is 3.98. The van der Waals surface area contributed by atoms with E-state index in [1.54, 1.807) is 12.1 Å². The number of halogens is 2. The number of piperidine rings is 1. The molecule has 0 spiro atoms. The van der Waals surface area contributed by atoms with Gasteiger partial charge in [0, 0.05) is 25.3 Å². The van der Waals surface area contributed by atoms with Gasteiger partial charge in [0.05, 0.1) is 5.70 Å². The molecule has 0 radical (unpaired) electrons. The van der Waals surface area contributed by atoms with Crippen molar-refractivity contribution >= 4 is 24.1 Å². The fourth-order valence-corrected chi connectivity index (χ4v) is 2.74.